The Bertz CT molecular complexity index is 1910. The number of aliphatic hydroxyl groups excluding tert-OH is 9. The van der Waals surface area contributed by atoms with Crippen LogP contribution in [0.3, 0.4) is 0 Å². The summed E-state index contributed by atoms with van der Waals surface area (Å²) in [6.45, 7) is -0.745. The Balaban J connectivity index is 1.02. The van der Waals surface area contributed by atoms with Gasteiger partial charge in [-0.3, -0.25) is 19.2 Å². The number of aliphatic hydroxyl groups is 9. The van der Waals surface area contributed by atoms with E-state index in [-0.39, 0.29) is 68.0 Å². The number of thioether (sulfide) groups is 1. The molecule has 28 heteroatoms. The molecule has 0 radical (unpaired) electrons. The zero-order valence-electron chi connectivity index (χ0n) is 40.6. The highest BCUT2D eigenvalue weighted by Crippen LogP contribution is 2.33. The van der Waals surface area contributed by atoms with Gasteiger partial charge in [-0.05, 0) is 44.4 Å². The summed E-state index contributed by atoms with van der Waals surface area (Å²) in [5, 5.41) is 110. The fraction of sp³-hybridized carbons (Fsp3) is 0.756. The van der Waals surface area contributed by atoms with Crippen molar-refractivity contribution < 1.29 is 103 Å². The Kier molecular flexibility index (Phi) is 24.5. The van der Waals surface area contributed by atoms with Crippen LogP contribution >= 0.6 is 11.8 Å². The summed E-state index contributed by atoms with van der Waals surface area (Å²) < 4.78 is 39.6. The molecule has 0 bridgehead atoms. The molecular weight excluding hydrogens is 993 g/mol. The molecule has 4 fully saturated rings. The molecule has 15 N–H and O–H groups in total. The SMILES string of the molecule is CC(=O)NC1C(OCCCNC(=O)COc2cccc(C(=O)NCCNC(=O)CCCC[C@@H]3SC[C@@H]4NC(=O)N[C@@H]43)c2)OC(CO)C(OC(OC(CO)[C@@H](C)O)[C@@H](O)COC2OC(CO)C(O)C(O)C2O)C1O. The molecule has 0 saturated carbocycles. The average Bonchev–Trinajstić information content (AvgIpc) is 3.93. The van der Waals surface area contributed by atoms with E-state index >= 15 is 0 Å². The van der Waals surface area contributed by atoms with Crippen LogP contribution in [-0.2, 0) is 42.8 Å². The fourth-order valence-corrected chi connectivity index (χ4v) is 9.91. The molecule has 12 unspecified atom stereocenters. The maximum atomic E-state index is 12.8. The number of ether oxygens (including phenoxy) is 7. The van der Waals surface area contributed by atoms with Gasteiger partial charge in [0, 0.05) is 49.5 Å². The number of unbranched alkanes of at least 4 members (excludes halogenated alkanes) is 1. The van der Waals surface area contributed by atoms with Crippen molar-refractivity contribution >= 4 is 41.4 Å². The zero-order chi connectivity index (χ0) is 53.2. The number of hydrogen-bond acceptors (Lipinski definition) is 22. The van der Waals surface area contributed by atoms with Crippen LogP contribution in [0, 0.1) is 0 Å². The van der Waals surface area contributed by atoms with E-state index in [0.29, 0.717) is 18.1 Å². The van der Waals surface area contributed by atoms with E-state index in [0.717, 1.165) is 25.5 Å². The lowest BCUT2D eigenvalue weighted by Gasteiger charge is -2.45. The van der Waals surface area contributed by atoms with Crippen molar-refractivity contribution in [1.82, 2.24) is 31.9 Å². The molecule has 0 aliphatic carbocycles. The summed E-state index contributed by atoms with van der Waals surface area (Å²) in [6.07, 6.45) is -18.0. The third-order valence-electron chi connectivity index (χ3n) is 12.3. The average molecular weight is 1070 g/mol. The molecule has 414 valence electrons. The number of rotatable bonds is 30. The van der Waals surface area contributed by atoms with Crippen molar-refractivity contribution in [2.45, 2.75) is 149 Å². The van der Waals surface area contributed by atoms with E-state index in [1.165, 1.54) is 13.0 Å². The minimum Gasteiger partial charge on any atom is -0.484 e. The van der Waals surface area contributed by atoms with Crippen LogP contribution in [-0.4, -0.2) is 244 Å². The highest BCUT2D eigenvalue weighted by atomic mass is 32.2. The summed E-state index contributed by atoms with van der Waals surface area (Å²) in [5.74, 6) is -0.536. The van der Waals surface area contributed by atoms with Crippen LogP contribution in [0.5, 0.6) is 5.75 Å². The third-order valence-corrected chi connectivity index (χ3v) is 13.8. The maximum absolute atomic E-state index is 12.8. The zero-order valence-corrected chi connectivity index (χ0v) is 41.4. The second kappa shape index (κ2) is 29.9. The second-order valence-electron chi connectivity index (χ2n) is 18.0. The van der Waals surface area contributed by atoms with Crippen molar-refractivity contribution in [3.63, 3.8) is 0 Å². The quantitative estimate of drug-likeness (QED) is 0.0194. The highest BCUT2D eigenvalue weighted by molar-refractivity contribution is 8.00. The lowest BCUT2D eigenvalue weighted by molar-refractivity contribution is -0.335. The van der Waals surface area contributed by atoms with Crippen molar-refractivity contribution in [3.05, 3.63) is 29.8 Å². The van der Waals surface area contributed by atoms with Crippen LogP contribution in [0.15, 0.2) is 24.3 Å². The molecule has 6 amide bonds. The van der Waals surface area contributed by atoms with E-state index in [2.05, 4.69) is 31.9 Å². The number of urea groups is 1. The first-order valence-corrected chi connectivity index (χ1v) is 25.3. The number of carbonyl (C=O) groups is 5. The van der Waals surface area contributed by atoms with Crippen molar-refractivity contribution in [1.29, 1.82) is 0 Å². The number of carbonyl (C=O) groups excluding carboxylic acids is 5. The first kappa shape index (κ1) is 59.8. The van der Waals surface area contributed by atoms with Crippen LogP contribution < -0.4 is 36.6 Å². The standard InChI is InChI=1S/C45H72N6O21S/c1-22(55)28(16-52)69-42(27(57)19-68-44-39(63)38(62)36(60)29(17-53)70-44)72-40-30(18-54)71-43(35(37(40)61)49-23(2)56)66-14-6-11-46-33(59)20-67-25-8-5-7-24(15-25)41(64)48-13-12-47-32(58)10-4-3-9-31-34-26(21-73-31)50-45(65)51-34/h5,7-8,15,22,26-31,34-40,42-44,52-55,57,60-63H,3-4,6,9-14,16-21H2,1-2H3,(H,46,59)(H,47,58)(H,48,64)(H,49,56)(H2,50,51,65)/t22-,26+,27+,28?,29?,30?,31+,34+,35?,36?,37?,38?,39?,40?,42?,43?,44?/m1/s1. The third kappa shape index (κ3) is 17.8. The summed E-state index contributed by atoms with van der Waals surface area (Å²) in [5.41, 5.74) is 0.271. The fourth-order valence-electron chi connectivity index (χ4n) is 8.36. The van der Waals surface area contributed by atoms with Gasteiger partial charge in [-0.25, -0.2) is 4.79 Å². The van der Waals surface area contributed by atoms with Gasteiger partial charge in [-0.15, -0.1) is 0 Å². The van der Waals surface area contributed by atoms with E-state index in [1.54, 1.807) is 18.2 Å². The van der Waals surface area contributed by atoms with Crippen LogP contribution in [0.4, 0.5) is 4.79 Å². The van der Waals surface area contributed by atoms with Crippen LogP contribution in [0.25, 0.3) is 0 Å². The normalized spacial score (nSPS) is 30.5. The van der Waals surface area contributed by atoms with Gasteiger partial charge in [0.05, 0.1) is 51.2 Å². The molecule has 0 spiro atoms. The molecular formula is C45H72N6O21S. The molecule has 4 aliphatic rings. The van der Waals surface area contributed by atoms with Crippen molar-refractivity contribution in [2.75, 3.05) is 65.0 Å². The molecule has 73 heavy (non-hydrogen) atoms. The van der Waals surface area contributed by atoms with Gasteiger partial charge >= 0.3 is 6.03 Å². The van der Waals surface area contributed by atoms with E-state index in [1.807, 2.05) is 11.8 Å². The minimum absolute atomic E-state index is 0.0764. The van der Waals surface area contributed by atoms with Gasteiger partial charge in [0.1, 0.15) is 66.7 Å². The summed E-state index contributed by atoms with van der Waals surface area (Å²) >= 11 is 1.83. The summed E-state index contributed by atoms with van der Waals surface area (Å²) in [4.78, 5) is 61.6. The molecule has 5 rings (SSSR count). The van der Waals surface area contributed by atoms with Crippen LogP contribution in [0.2, 0.25) is 0 Å². The molecule has 1 aromatic carbocycles. The minimum atomic E-state index is -1.89. The van der Waals surface area contributed by atoms with Gasteiger partial charge in [0.25, 0.3) is 11.8 Å². The largest absolute Gasteiger partial charge is 0.484 e. The molecule has 17 atom stereocenters. The predicted octanol–water partition coefficient (Wildman–Crippen LogP) is -5.61. The number of fused-ring (bicyclic) bond motifs is 1. The number of amides is 6. The maximum Gasteiger partial charge on any atom is 0.315 e. The van der Waals surface area contributed by atoms with Crippen molar-refractivity contribution in [3.8, 4) is 5.75 Å². The molecule has 4 aliphatic heterocycles. The highest BCUT2D eigenvalue weighted by Gasteiger charge is 2.50. The molecule has 4 heterocycles. The first-order chi connectivity index (χ1) is 34.9. The van der Waals surface area contributed by atoms with Gasteiger partial charge in [0.15, 0.2) is 25.5 Å². The molecule has 0 aromatic heterocycles. The summed E-state index contributed by atoms with van der Waals surface area (Å²) in [6, 6.07) is 4.99. The Morgan fingerprint density at radius 1 is 0.849 bits per heavy atom. The van der Waals surface area contributed by atoms with E-state index in [9.17, 15) is 69.9 Å². The lowest BCUT2D eigenvalue weighted by Crippen LogP contribution is -2.66. The van der Waals surface area contributed by atoms with E-state index in [4.69, 9.17) is 33.2 Å². The lowest BCUT2D eigenvalue weighted by atomic mass is 9.96. The molecule has 4 saturated heterocycles. The topological polar surface area (TPSA) is 404 Å². The Morgan fingerprint density at radius 3 is 2.29 bits per heavy atom. The monoisotopic (exact) mass is 1060 g/mol. The number of benzene rings is 1. The van der Waals surface area contributed by atoms with Gasteiger partial charge < -0.3 is 111 Å². The van der Waals surface area contributed by atoms with Gasteiger partial charge in [-0.1, -0.05) is 12.5 Å². The summed E-state index contributed by atoms with van der Waals surface area (Å²) in [7, 11) is 0. The Morgan fingerprint density at radius 2 is 1.58 bits per heavy atom. The van der Waals surface area contributed by atoms with E-state index < -0.39 is 137 Å². The van der Waals surface area contributed by atoms with Gasteiger partial charge in [0.2, 0.25) is 11.8 Å². The molecule has 1 aromatic rings. The Hall–Kier alpha value is -4.08. The first-order valence-electron chi connectivity index (χ1n) is 24.2. The van der Waals surface area contributed by atoms with Crippen molar-refractivity contribution in [2.24, 2.45) is 0 Å². The number of hydrogen-bond donors (Lipinski definition) is 15. The second-order valence-corrected chi connectivity index (χ2v) is 19.2. The van der Waals surface area contributed by atoms with Crippen LogP contribution in [0.1, 0.15) is 56.3 Å². The Labute approximate surface area is 425 Å². The number of nitrogens with one attached hydrogen (secondary N) is 6. The smallest absolute Gasteiger partial charge is 0.315 e. The predicted molar refractivity (Wildman–Crippen MR) is 252 cm³/mol. The molecule has 27 nitrogen and oxygen atoms in total. The van der Waals surface area contributed by atoms with Gasteiger partial charge in [-0.2, -0.15) is 11.8 Å².